The van der Waals surface area contributed by atoms with Gasteiger partial charge in [0, 0.05) is 18.2 Å². The molecule has 1 heterocycles. The topological polar surface area (TPSA) is 69.9 Å². The van der Waals surface area contributed by atoms with Crippen molar-refractivity contribution in [1.29, 1.82) is 0 Å². The lowest BCUT2D eigenvalue weighted by Crippen LogP contribution is -2.25. The van der Waals surface area contributed by atoms with Crippen LogP contribution < -0.4 is 14.2 Å². The molecule has 4 rings (SSSR count). The van der Waals surface area contributed by atoms with Crippen LogP contribution in [0.15, 0.2) is 47.0 Å². The molecule has 1 saturated carbocycles. The lowest BCUT2D eigenvalue weighted by atomic mass is 10.2. The van der Waals surface area contributed by atoms with Crippen molar-refractivity contribution in [2.75, 3.05) is 21.3 Å². The average Bonchev–Trinajstić information content (AvgIpc) is 3.52. The number of hydrogen-bond acceptors (Lipinski definition) is 7. The molecule has 0 amide bonds. The third-order valence-electron chi connectivity index (χ3n) is 5.06. The van der Waals surface area contributed by atoms with Gasteiger partial charge < -0.3 is 18.7 Å². The highest BCUT2D eigenvalue weighted by molar-refractivity contribution is 5.60. The van der Waals surface area contributed by atoms with E-state index in [0.29, 0.717) is 35.8 Å². The maximum absolute atomic E-state index is 5.54. The first-order chi connectivity index (χ1) is 14.2. The summed E-state index contributed by atoms with van der Waals surface area (Å²) in [5, 5.41) is 4.15. The number of ether oxygens (including phenoxy) is 3. The van der Waals surface area contributed by atoms with Gasteiger partial charge in [-0.25, -0.2) is 0 Å². The fourth-order valence-corrected chi connectivity index (χ4v) is 3.30. The third kappa shape index (κ3) is 4.51. The van der Waals surface area contributed by atoms with E-state index in [4.69, 9.17) is 18.7 Å². The van der Waals surface area contributed by atoms with Gasteiger partial charge in [0.25, 0.3) is 0 Å². The molecule has 29 heavy (non-hydrogen) atoms. The maximum Gasteiger partial charge on any atom is 0.241 e. The quantitative estimate of drug-likeness (QED) is 0.544. The Morgan fingerprint density at radius 3 is 2.34 bits per heavy atom. The van der Waals surface area contributed by atoms with E-state index < -0.39 is 0 Å². The Morgan fingerprint density at radius 1 is 0.931 bits per heavy atom. The van der Waals surface area contributed by atoms with Gasteiger partial charge in [0.2, 0.25) is 11.7 Å². The van der Waals surface area contributed by atoms with Crippen molar-refractivity contribution in [2.45, 2.75) is 32.0 Å². The summed E-state index contributed by atoms with van der Waals surface area (Å²) in [6.07, 6.45) is 2.40. The van der Waals surface area contributed by atoms with Crippen LogP contribution in [0.25, 0.3) is 11.4 Å². The first-order valence-electron chi connectivity index (χ1n) is 9.62. The van der Waals surface area contributed by atoms with Gasteiger partial charge in [-0.05, 0) is 48.7 Å². The highest BCUT2D eigenvalue weighted by Gasteiger charge is 2.30. The van der Waals surface area contributed by atoms with Crippen molar-refractivity contribution in [1.82, 2.24) is 15.0 Å². The third-order valence-corrected chi connectivity index (χ3v) is 5.06. The molecule has 7 nitrogen and oxygen atoms in total. The van der Waals surface area contributed by atoms with E-state index in [9.17, 15) is 0 Å². The Morgan fingerprint density at radius 2 is 1.69 bits per heavy atom. The predicted molar refractivity (Wildman–Crippen MR) is 108 cm³/mol. The summed E-state index contributed by atoms with van der Waals surface area (Å²) in [4.78, 5) is 6.98. The molecule has 2 aromatic carbocycles. The zero-order chi connectivity index (χ0) is 20.2. The summed E-state index contributed by atoms with van der Waals surface area (Å²) in [6.45, 7) is 1.46. The second-order valence-electron chi connectivity index (χ2n) is 7.07. The molecule has 0 bridgehead atoms. The fraction of sp³-hybridized carbons (Fsp3) is 0.364. The van der Waals surface area contributed by atoms with Gasteiger partial charge in [0.05, 0.1) is 27.9 Å². The van der Waals surface area contributed by atoms with Crippen LogP contribution in [0, 0.1) is 0 Å². The molecule has 0 atom stereocenters. The first-order valence-corrected chi connectivity index (χ1v) is 9.62. The molecule has 1 aromatic heterocycles. The van der Waals surface area contributed by atoms with Gasteiger partial charge in [-0.2, -0.15) is 4.98 Å². The number of methoxy groups -OCH3 is 3. The summed E-state index contributed by atoms with van der Waals surface area (Å²) >= 11 is 0. The zero-order valence-electron chi connectivity index (χ0n) is 16.9. The fourth-order valence-electron chi connectivity index (χ4n) is 3.30. The van der Waals surface area contributed by atoms with Gasteiger partial charge in [0.15, 0.2) is 11.5 Å². The molecule has 0 spiro atoms. The molecule has 0 aliphatic heterocycles. The van der Waals surface area contributed by atoms with Crippen molar-refractivity contribution in [3.63, 3.8) is 0 Å². The standard InChI is InChI=1S/C22H25N3O4/c1-26-18-9-4-15(5-10-18)13-25(17-7-8-17)14-21-23-22(24-29-21)16-6-11-19(27-2)20(12-16)28-3/h4-6,9-12,17H,7-8,13-14H2,1-3H3. The molecule has 7 heteroatoms. The largest absolute Gasteiger partial charge is 0.497 e. The Balaban J connectivity index is 1.48. The van der Waals surface area contributed by atoms with E-state index in [1.807, 2.05) is 30.3 Å². The summed E-state index contributed by atoms with van der Waals surface area (Å²) in [5.74, 6) is 3.31. The smallest absolute Gasteiger partial charge is 0.241 e. The summed E-state index contributed by atoms with van der Waals surface area (Å²) in [5.41, 5.74) is 2.06. The van der Waals surface area contributed by atoms with E-state index in [1.165, 1.54) is 18.4 Å². The second kappa shape index (κ2) is 8.53. The molecule has 3 aromatic rings. The van der Waals surface area contributed by atoms with Crippen LogP contribution in [-0.4, -0.2) is 42.4 Å². The van der Waals surface area contributed by atoms with E-state index in [-0.39, 0.29) is 0 Å². The normalized spacial score (nSPS) is 13.5. The Bertz CT molecular complexity index is 951. The second-order valence-corrected chi connectivity index (χ2v) is 7.07. The van der Waals surface area contributed by atoms with Crippen LogP contribution in [0.2, 0.25) is 0 Å². The molecule has 1 fully saturated rings. The molecule has 0 unspecified atom stereocenters. The lowest BCUT2D eigenvalue weighted by Gasteiger charge is -2.20. The average molecular weight is 395 g/mol. The van der Waals surface area contributed by atoms with Crippen molar-refractivity contribution < 1.29 is 18.7 Å². The van der Waals surface area contributed by atoms with E-state index in [0.717, 1.165) is 17.9 Å². The first kappa shape index (κ1) is 19.3. The summed E-state index contributed by atoms with van der Waals surface area (Å²) < 4.78 is 21.4. The van der Waals surface area contributed by atoms with Crippen LogP contribution in [0.4, 0.5) is 0 Å². The highest BCUT2D eigenvalue weighted by Crippen LogP contribution is 2.32. The van der Waals surface area contributed by atoms with Gasteiger partial charge in [0.1, 0.15) is 5.75 Å². The lowest BCUT2D eigenvalue weighted by molar-refractivity contribution is 0.209. The number of aromatic nitrogens is 2. The number of rotatable bonds is 9. The molecule has 1 aliphatic rings. The van der Waals surface area contributed by atoms with Crippen LogP contribution in [0.1, 0.15) is 24.3 Å². The Hall–Kier alpha value is -3.06. The SMILES string of the molecule is COc1ccc(CN(Cc2nc(-c3ccc(OC)c(OC)c3)no2)C2CC2)cc1. The minimum atomic E-state index is 0.543. The monoisotopic (exact) mass is 395 g/mol. The Kier molecular flexibility index (Phi) is 5.67. The van der Waals surface area contributed by atoms with Gasteiger partial charge in [-0.1, -0.05) is 17.3 Å². The van der Waals surface area contributed by atoms with Crippen molar-refractivity contribution in [3.8, 4) is 28.6 Å². The Labute approximate surface area is 170 Å². The van der Waals surface area contributed by atoms with Gasteiger partial charge >= 0.3 is 0 Å². The molecule has 0 saturated heterocycles. The van der Waals surface area contributed by atoms with Crippen molar-refractivity contribution in [3.05, 3.63) is 53.9 Å². The number of nitrogens with zero attached hydrogens (tertiary/aromatic N) is 3. The maximum atomic E-state index is 5.54. The summed E-state index contributed by atoms with van der Waals surface area (Å²) in [7, 11) is 4.90. The zero-order valence-corrected chi connectivity index (χ0v) is 16.9. The molecular weight excluding hydrogens is 370 g/mol. The van der Waals surface area contributed by atoms with E-state index in [2.05, 4.69) is 27.2 Å². The molecule has 0 radical (unpaired) electrons. The van der Waals surface area contributed by atoms with Crippen LogP contribution in [0.5, 0.6) is 17.2 Å². The minimum Gasteiger partial charge on any atom is -0.497 e. The predicted octanol–water partition coefficient (Wildman–Crippen LogP) is 3.93. The minimum absolute atomic E-state index is 0.543. The molecular formula is C22H25N3O4. The number of benzene rings is 2. The molecule has 0 N–H and O–H groups in total. The van der Waals surface area contributed by atoms with Gasteiger partial charge in [-0.3, -0.25) is 4.90 Å². The van der Waals surface area contributed by atoms with Crippen LogP contribution in [0.3, 0.4) is 0 Å². The van der Waals surface area contributed by atoms with Crippen molar-refractivity contribution in [2.24, 2.45) is 0 Å². The van der Waals surface area contributed by atoms with E-state index in [1.54, 1.807) is 21.3 Å². The van der Waals surface area contributed by atoms with Crippen LogP contribution in [-0.2, 0) is 13.1 Å². The summed E-state index contributed by atoms with van der Waals surface area (Å²) in [6, 6.07) is 14.3. The van der Waals surface area contributed by atoms with E-state index >= 15 is 0 Å². The van der Waals surface area contributed by atoms with Crippen molar-refractivity contribution >= 4 is 0 Å². The molecule has 152 valence electrons. The molecule has 1 aliphatic carbocycles. The highest BCUT2D eigenvalue weighted by atomic mass is 16.5. The van der Waals surface area contributed by atoms with Gasteiger partial charge in [-0.15, -0.1) is 0 Å². The number of hydrogen-bond donors (Lipinski definition) is 0. The van der Waals surface area contributed by atoms with Crippen LogP contribution >= 0.6 is 0 Å².